The minimum atomic E-state index is 0.385. The van der Waals surface area contributed by atoms with Gasteiger partial charge < -0.3 is 11.5 Å². The first-order chi connectivity index (χ1) is 8.16. The first-order valence-corrected chi connectivity index (χ1v) is 6.65. The molecule has 4 heteroatoms. The molecule has 17 heavy (non-hydrogen) atoms. The summed E-state index contributed by atoms with van der Waals surface area (Å²) in [7, 11) is 0. The Kier molecular flexibility index (Phi) is 3.86. The predicted octanol–water partition coefficient (Wildman–Crippen LogP) is 3.05. The zero-order valence-corrected chi connectivity index (χ0v) is 11.0. The molecule has 0 spiro atoms. The van der Waals surface area contributed by atoms with Crippen LogP contribution in [-0.2, 0) is 5.75 Å². The number of hydrogen-bond acceptors (Lipinski definition) is 4. The quantitative estimate of drug-likeness (QED) is 0.745. The van der Waals surface area contributed by atoms with E-state index in [9.17, 15) is 0 Å². The second-order valence-corrected chi connectivity index (χ2v) is 5.22. The van der Waals surface area contributed by atoms with Crippen molar-refractivity contribution in [3.8, 4) is 0 Å². The van der Waals surface area contributed by atoms with E-state index in [1.54, 1.807) is 0 Å². The smallest absolute Gasteiger partial charge is 0.0957 e. The minimum Gasteiger partial charge on any atom is -0.392 e. The third kappa shape index (κ3) is 3.11. The number of thioether (sulfide) groups is 1. The number of benzene rings is 2. The molecule has 88 valence electrons. The molecule has 0 heterocycles. The highest BCUT2D eigenvalue weighted by Gasteiger charge is 1.99. The van der Waals surface area contributed by atoms with Crippen LogP contribution in [-0.4, -0.2) is 0 Å². The number of nitrogens with two attached hydrogens (primary N) is 2. The summed E-state index contributed by atoms with van der Waals surface area (Å²) in [5, 5.41) is 3.45. The van der Waals surface area contributed by atoms with Crippen LogP contribution in [0.15, 0.2) is 52.5 Å². The molecule has 0 aliphatic rings. The SMILES string of the molecule is N/C(S)=C(/N)SCc1ccc2ccccc2c1. The van der Waals surface area contributed by atoms with Gasteiger partial charge in [-0.25, -0.2) is 0 Å². The number of thiol groups is 1. The van der Waals surface area contributed by atoms with E-state index < -0.39 is 0 Å². The van der Waals surface area contributed by atoms with Gasteiger partial charge in [0.05, 0.1) is 10.1 Å². The average molecular weight is 262 g/mol. The largest absolute Gasteiger partial charge is 0.392 e. The highest BCUT2D eigenvalue weighted by Crippen LogP contribution is 2.22. The molecule has 0 fully saturated rings. The Labute approximate surface area is 110 Å². The van der Waals surface area contributed by atoms with E-state index >= 15 is 0 Å². The molecule has 0 saturated carbocycles. The molecule has 2 nitrogen and oxygen atoms in total. The highest BCUT2D eigenvalue weighted by molar-refractivity contribution is 8.03. The summed E-state index contributed by atoms with van der Waals surface area (Å²) in [6.45, 7) is 0. The van der Waals surface area contributed by atoms with E-state index in [1.165, 1.54) is 28.1 Å². The van der Waals surface area contributed by atoms with Crippen molar-refractivity contribution in [3.05, 3.63) is 58.1 Å². The van der Waals surface area contributed by atoms with E-state index in [0.29, 0.717) is 10.1 Å². The fourth-order valence-electron chi connectivity index (χ4n) is 1.56. The molecule has 0 aliphatic heterocycles. The summed E-state index contributed by atoms with van der Waals surface area (Å²) >= 11 is 5.51. The second-order valence-electron chi connectivity index (χ2n) is 3.72. The van der Waals surface area contributed by atoms with E-state index in [1.807, 2.05) is 12.1 Å². The van der Waals surface area contributed by atoms with Crippen molar-refractivity contribution in [2.24, 2.45) is 11.5 Å². The van der Waals surface area contributed by atoms with Crippen LogP contribution < -0.4 is 11.5 Å². The number of fused-ring (bicyclic) bond motifs is 1. The van der Waals surface area contributed by atoms with Gasteiger partial charge in [-0.3, -0.25) is 0 Å². The molecule has 4 N–H and O–H groups in total. The maximum atomic E-state index is 5.72. The molecule has 2 rings (SSSR count). The van der Waals surface area contributed by atoms with Gasteiger partial charge in [-0.1, -0.05) is 42.5 Å². The first-order valence-electron chi connectivity index (χ1n) is 5.21. The van der Waals surface area contributed by atoms with Crippen LogP contribution in [0.4, 0.5) is 0 Å². The van der Waals surface area contributed by atoms with Crippen molar-refractivity contribution in [2.45, 2.75) is 5.75 Å². The molecule has 0 aromatic heterocycles. The Morgan fingerprint density at radius 1 is 1.06 bits per heavy atom. The molecule has 0 saturated heterocycles. The van der Waals surface area contributed by atoms with E-state index in [2.05, 4.69) is 43.0 Å². The summed E-state index contributed by atoms with van der Waals surface area (Å²) in [6, 6.07) is 14.7. The van der Waals surface area contributed by atoms with Crippen molar-refractivity contribution in [3.63, 3.8) is 0 Å². The number of rotatable bonds is 3. The van der Waals surface area contributed by atoms with Gasteiger partial charge in [-0.05, 0) is 16.3 Å². The van der Waals surface area contributed by atoms with Gasteiger partial charge in [0.25, 0.3) is 0 Å². The van der Waals surface area contributed by atoms with Gasteiger partial charge in [-0.2, -0.15) is 0 Å². The summed E-state index contributed by atoms with van der Waals surface area (Å²) in [5.41, 5.74) is 12.4. The molecule has 0 radical (unpaired) electrons. The van der Waals surface area contributed by atoms with E-state index in [-0.39, 0.29) is 0 Å². The van der Waals surface area contributed by atoms with Crippen molar-refractivity contribution in [1.29, 1.82) is 0 Å². The summed E-state index contributed by atoms with van der Waals surface area (Å²) in [6.07, 6.45) is 0. The Hall–Kier alpha value is -1.26. The van der Waals surface area contributed by atoms with Gasteiger partial charge in [0.1, 0.15) is 0 Å². The molecule has 2 aromatic carbocycles. The Morgan fingerprint density at radius 2 is 1.76 bits per heavy atom. The van der Waals surface area contributed by atoms with Gasteiger partial charge in [0, 0.05) is 5.75 Å². The van der Waals surface area contributed by atoms with E-state index in [0.717, 1.165) is 5.75 Å². The average Bonchev–Trinajstić information content (AvgIpc) is 2.35. The zero-order chi connectivity index (χ0) is 12.3. The normalized spacial score (nSPS) is 12.5. The van der Waals surface area contributed by atoms with Gasteiger partial charge in [0.2, 0.25) is 0 Å². The summed E-state index contributed by atoms with van der Waals surface area (Å²) < 4.78 is 0. The van der Waals surface area contributed by atoms with Crippen molar-refractivity contribution < 1.29 is 0 Å². The fourth-order valence-corrected chi connectivity index (χ4v) is 2.41. The van der Waals surface area contributed by atoms with Gasteiger partial charge >= 0.3 is 0 Å². The third-order valence-electron chi connectivity index (χ3n) is 2.46. The minimum absolute atomic E-state index is 0.385. The Bertz CT molecular complexity index is 560. The lowest BCUT2D eigenvalue weighted by atomic mass is 10.1. The Morgan fingerprint density at radius 3 is 2.47 bits per heavy atom. The maximum absolute atomic E-state index is 5.72. The molecular formula is C13H14N2S2. The topological polar surface area (TPSA) is 52.0 Å². The lowest BCUT2D eigenvalue weighted by Crippen LogP contribution is -2.02. The molecule has 2 aromatic rings. The summed E-state index contributed by atoms with van der Waals surface area (Å²) in [4.78, 5) is 0. The molecule has 0 aliphatic carbocycles. The molecular weight excluding hydrogens is 248 g/mol. The van der Waals surface area contributed by atoms with Crippen molar-refractivity contribution in [2.75, 3.05) is 0 Å². The first kappa shape index (κ1) is 12.2. The van der Waals surface area contributed by atoms with Crippen LogP contribution in [0, 0.1) is 0 Å². The molecule has 0 unspecified atom stereocenters. The van der Waals surface area contributed by atoms with Crippen LogP contribution >= 0.6 is 24.4 Å². The van der Waals surface area contributed by atoms with Crippen molar-refractivity contribution >= 4 is 35.2 Å². The lowest BCUT2D eigenvalue weighted by Gasteiger charge is -2.05. The monoisotopic (exact) mass is 262 g/mol. The maximum Gasteiger partial charge on any atom is 0.0957 e. The van der Waals surface area contributed by atoms with Crippen molar-refractivity contribution in [1.82, 2.24) is 0 Å². The standard InChI is InChI=1S/C13H14N2S2/c14-12(16)13(15)17-8-9-5-6-10-3-1-2-4-11(10)7-9/h1-7,16H,8,14-15H2/b13-12+. The van der Waals surface area contributed by atoms with Crippen LogP contribution in [0.5, 0.6) is 0 Å². The second kappa shape index (κ2) is 5.38. The lowest BCUT2D eigenvalue weighted by molar-refractivity contribution is 1.39. The third-order valence-corrected chi connectivity index (χ3v) is 3.86. The highest BCUT2D eigenvalue weighted by atomic mass is 32.2. The molecule has 0 amide bonds. The van der Waals surface area contributed by atoms with Crippen LogP contribution in [0.1, 0.15) is 5.56 Å². The molecule has 0 bridgehead atoms. The predicted molar refractivity (Wildman–Crippen MR) is 79.6 cm³/mol. The fraction of sp³-hybridized carbons (Fsp3) is 0.0769. The van der Waals surface area contributed by atoms with Gasteiger partial charge in [-0.15, -0.1) is 24.4 Å². The summed E-state index contributed by atoms with van der Waals surface area (Å²) in [5.74, 6) is 0.803. The zero-order valence-electron chi connectivity index (χ0n) is 9.26. The Balaban J connectivity index is 2.17. The van der Waals surface area contributed by atoms with E-state index in [4.69, 9.17) is 11.5 Å². The van der Waals surface area contributed by atoms with Crippen LogP contribution in [0.2, 0.25) is 0 Å². The van der Waals surface area contributed by atoms with Crippen LogP contribution in [0.25, 0.3) is 10.8 Å². The van der Waals surface area contributed by atoms with Crippen LogP contribution in [0.3, 0.4) is 0 Å². The molecule has 0 atom stereocenters. The van der Waals surface area contributed by atoms with Gasteiger partial charge in [0.15, 0.2) is 0 Å². The number of hydrogen-bond donors (Lipinski definition) is 3.